The van der Waals surface area contributed by atoms with Gasteiger partial charge in [-0.1, -0.05) is 11.6 Å². The molecule has 1 amide bonds. The average molecular weight is 391 g/mol. The SMILES string of the molecule is O=C(c1ccco1)c1ccc(CNC(=O)c2ccc([N+](=O)[O-])cc2Cl)s1. The van der Waals surface area contributed by atoms with Gasteiger partial charge in [0.2, 0.25) is 5.78 Å². The van der Waals surface area contributed by atoms with E-state index in [1.54, 1.807) is 24.3 Å². The number of carbonyl (C=O) groups excluding carboxylic acids is 2. The smallest absolute Gasteiger partial charge is 0.270 e. The number of amides is 1. The Kier molecular flexibility index (Phi) is 5.15. The summed E-state index contributed by atoms with van der Waals surface area (Å²) < 4.78 is 5.08. The molecule has 2 heterocycles. The van der Waals surface area contributed by atoms with Gasteiger partial charge in [-0.25, -0.2) is 0 Å². The molecular weight excluding hydrogens is 380 g/mol. The van der Waals surface area contributed by atoms with Crippen LogP contribution in [-0.4, -0.2) is 16.6 Å². The van der Waals surface area contributed by atoms with Crippen molar-refractivity contribution in [1.29, 1.82) is 0 Å². The molecule has 3 aromatic rings. The molecule has 0 aliphatic carbocycles. The van der Waals surface area contributed by atoms with Gasteiger partial charge in [0.05, 0.1) is 33.2 Å². The number of hydrogen-bond donors (Lipinski definition) is 1. The fourth-order valence-electron chi connectivity index (χ4n) is 2.19. The Labute approximate surface area is 156 Å². The van der Waals surface area contributed by atoms with Crippen molar-refractivity contribution in [2.45, 2.75) is 6.54 Å². The number of carbonyl (C=O) groups is 2. The Balaban J connectivity index is 1.65. The summed E-state index contributed by atoms with van der Waals surface area (Å²) in [4.78, 5) is 35.8. The van der Waals surface area contributed by atoms with E-state index in [9.17, 15) is 19.7 Å². The Bertz CT molecular complexity index is 981. The van der Waals surface area contributed by atoms with Crippen LogP contribution in [0.5, 0.6) is 0 Å². The van der Waals surface area contributed by atoms with Gasteiger partial charge in [0.25, 0.3) is 11.6 Å². The van der Waals surface area contributed by atoms with E-state index in [-0.39, 0.29) is 34.4 Å². The third-order valence-electron chi connectivity index (χ3n) is 3.46. The summed E-state index contributed by atoms with van der Waals surface area (Å²) in [5.41, 5.74) is -0.0494. The molecule has 0 aliphatic rings. The summed E-state index contributed by atoms with van der Waals surface area (Å²) in [6, 6.07) is 10.3. The van der Waals surface area contributed by atoms with E-state index >= 15 is 0 Å². The van der Waals surface area contributed by atoms with Crippen LogP contribution in [0, 0.1) is 10.1 Å². The lowest BCUT2D eigenvalue weighted by Gasteiger charge is -2.05. The van der Waals surface area contributed by atoms with Gasteiger partial charge < -0.3 is 9.73 Å². The number of rotatable bonds is 6. The number of ketones is 1. The largest absolute Gasteiger partial charge is 0.461 e. The summed E-state index contributed by atoms with van der Waals surface area (Å²) in [6.45, 7) is 0.197. The number of furan rings is 1. The van der Waals surface area contributed by atoms with Crippen molar-refractivity contribution < 1.29 is 18.9 Å². The molecule has 0 spiro atoms. The minimum Gasteiger partial charge on any atom is -0.461 e. The molecule has 26 heavy (non-hydrogen) atoms. The molecule has 0 saturated carbocycles. The molecule has 0 radical (unpaired) electrons. The van der Waals surface area contributed by atoms with Crippen LogP contribution >= 0.6 is 22.9 Å². The van der Waals surface area contributed by atoms with E-state index in [2.05, 4.69) is 5.32 Å². The first-order valence-corrected chi connectivity index (χ1v) is 8.54. The van der Waals surface area contributed by atoms with Crippen molar-refractivity contribution in [1.82, 2.24) is 5.32 Å². The van der Waals surface area contributed by atoms with Gasteiger partial charge in [0, 0.05) is 17.0 Å². The highest BCUT2D eigenvalue weighted by atomic mass is 35.5. The molecule has 9 heteroatoms. The van der Waals surface area contributed by atoms with E-state index in [0.29, 0.717) is 4.88 Å². The lowest BCUT2D eigenvalue weighted by molar-refractivity contribution is -0.384. The quantitative estimate of drug-likeness (QED) is 0.388. The fourth-order valence-corrected chi connectivity index (χ4v) is 3.34. The van der Waals surface area contributed by atoms with Crippen molar-refractivity contribution >= 4 is 40.3 Å². The van der Waals surface area contributed by atoms with Crippen LogP contribution in [0.15, 0.2) is 53.1 Å². The zero-order valence-corrected chi connectivity index (χ0v) is 14.7. The highest BCUT2D eigenvalue weighted by molar-refractivity contribution is 7.14. The van der Waals surface area contributed by atoms with E-state index < -0.39 is 10.8 Å². The highest BCUT2D eigenvalue weighted by Crippen LogP contribution is 2.23. The standard InChI is InChI=1S/C17H11ClN2O5S/c18-13-8-10(20(23)24)3-5-12(13)17(22)19-9-11-4-6-15(26-11)16(21)14-2-1-7-25-14/h1-8H,9H2,(H,19,22). The lowest BCUT2D eigenvalue weighted by atomic mass is 10.2. The number of nitrogens with one attached hydrogen (secondary N) is 1. The van der Waals surface area contributed by atoms with Crippen LogP contribution in [0.4, 0.5) is 5.69 Å². The molecule has 0 bridgehead atoms. The van der Waals surface area contributed by atoms with Crippen molar-refractivity contribution in [3.05, 3.63) is 84.9 Å². The van der Waals surface area contributed by atoms with Gasteiger partial charge in [-0.3, -0.25) is 19.7 Å². The van der Waals surface area contributed by atoms with Crippen LogP contribution in [0.3, 0.4) is 0 Å². The van der Waals surface area contributed by atoms with Crippen molar-refractivity contribution in [3.63, 3.8) is 0 Å². The second-order valence-corrected chi connectivity index (χ2v) is 6.75. The van der Waals surface area contributed by atoms with Crippen molar-refractivity contribution in [2.24, 2.45) is 0 Å². The first-order valence-electron chi connectivity index (χ1n) is 7.35. The average Bonchev–Trinajstić information content (AvgIpc) is 3.30. The van der Waals surface area contributed by atoms with Crippen LogP contribution in [-0.2, 0) is 6.54 Å². The van der Waals surface area contributed by atoms with Gasteiger partial charge in [-0.2, -0.15) is 0 Å². The molecule has 1 N–H and O–H groups in total. The molecular formula is C17H11ClN2O5S. The van der Waals surface area contributed by atoms with Gasteiger partial charge in [0.1, 0.15) is 0 Å². The van der Waals surface area contributed by atoms with Gasteiger partial charge >= 0.3 is 0 Å². The number of benzene rings is 1. The third kappa shape index (κ3) is 3.81. The monoisotopic (exact) mass is 390 g/mol. The lowest BCUT2D eigenvalue weighted by Crippen LogP contribution is -2.22. The van der Waals surface area contributed by atoms with Gasteiger partial charge in [0.15, 0.2) is 5.76 Å². The number of halogens is 1. The second kappa shape index (κ2) is 7.51. The van der Waals surface area contributed by atoms with E-state index in [1.807, 2.05) is 0 Å². The minimum atomic E-state index is -0.587. The normalized spacial score (nSPS) is 10.5. The number of nitro benzene ring substituents is 1. The maximum atomic E-state index is 12.2. The molecule has 3 rings (SSSR count). The number of nitro groups is 1. The third-order valence-corrected chi connectivity index (χ3v) is 4.86. The Morgan fingerprint density at radius 1 is 1.23 bits per heavy atom. The summed E-state index contributed by atoms with van der Waals surface area (Å²) in [5.74, 6) is -0.437. The Morgan fingerprint density at radius 3 is 2.69 bits per heavy atom. The van der Waals surface area contributed by atoms with Crippen LogP contribution < -0.4 is 5.32 Å². The molecule has 7 nitrogen and oxygen atoms in total. The molecule has 2 aromatic heterocycles. The van der Waals surface area contributed by atoms with Crippen LogP contribution in [0.2, 0.25) is 5.02 Å². The number of thiophene rings is 1. The second-order valence-electron chi connectivity index (χ2n) is 5.18. The van der Waals surface area contributed by atoms with E-state index in [1.165, 1.54) is 29.7 Å². The molecule has 132 valence electrons. The highest BCUT2D eigenvalue weighted by Gasteiger charge is 2.17. The summed E-state index contributed by atoms with van der Waals surface area (Å²) in [5, 5.41) is 13.4. The molecule has 0 unspecified atom stereocenters. The maximum absolute atomic E-state index is 12.2. The van der Waals surface area contributed by atoms with Gasteiger partial charge in [-0.05, 0) is 30.3 Å². The summed E-state index contributed by atoms with van der Waals surface area (Å²) in [7, 11) is 0. The van der Waals surface area contributed by atoms with E-state index in [0.717, 1.165) is 10.9 Å². The van der Waals surface area contributed by atoms with Crippen LogP contribution in [0.25, 0.3) is 0 Å². The number of nitrogens with zero attached hydrogens (tertiary/aromatic N) is 1. The number of hydrogen-bond acceptors (Lipinski definition) is 6. The Hall–Kier alpha value is -2.97. The van der Waals surface area contributed by atoms with E-state index in [4.69, 9.17) is 16.0 Å². The fraction of sp³-hybridized carbons (Fsp3) is 0.0588. The maximum Gasteiger partial charge on any atom is 0.270 e. The predicted octanol–water partition coefficient (Wildman–Crippen LogP) is 4.06. The zero-order chi connectivity index (χ0) is 18.7. The topological polar surface area (TPSA) is 102 Å². The predicted molar refractivity (Wildman–Crippen MR) is 95.7 cm³/mol. The zero-order valence-electron chi connectivity index (χ0n) is 13.1. The summed E-state index contributed by atoms with van der Waals surface area (Å²) in [6.07, 6.45) is 1.43. The molecule has 0 aliphatic heterocycles. The first-order chi connectivity index (χ1) is 12.5. The molecule has 0 fully saturated rings. The van der Waals surface area contributed by atoms with Gasteiger partial charge in [-0.15, -0.1) is 11.3 Å². The summed E-state index contributed by atoms with van der Waals surface area (Å²) >= 11 is 7.18. The molecule has 0 atom stereocenters. The van der Waals surface area contributed by atoms with Crippen LogP contribution in [0.1, 0.15) is 30.7 Å². The van der Waals surface area contributed by atoms with Crippen molar-refractivity contribution in [3.8, 4) is 0 Å². The molecule has 0 saturated heterocycles. The minimum absolute atomic E-state index is 0.00318. The molecule has 1 aromatic carbocycles. The first kappa shape index (κ1) is 17.8. The van der Waals surface area contributed by atoms with Crippen molar-refractivity contribution in [2.75, 3.05) is 0 Å². The number of non-ortho nitro benzene ring substituents is 1. The Morgan fingerprint density at radius 2 is 2.04 bits per heavy atom.